The van der Waals surface area contributed by atoms with Gasteiger partial charge in [0.2, 0.25) is 5.91 Å². The molecule has 2 aromatic rings. The van der Waals surface area contributed by atoms with Crippen molar-refractivity contribution in [2.45, 2.75) is 19.0 Å². The number of carbonyl (C=O) groups is 2. The minimum atomic E-state index is -0.310. The van der Waals surface area contributed by atoms with Crippen LogP contribution in [0.3, 0.4) is 0 Å². The average Bonchev–Trinajstić information content (AvgIpc) is 2.74. The van der Waals surface area contributed by atoms with Crippen molar-refractivity contribution in [2.24, 2.45) is 0 Å². The van der Waals surface area contributed by atoms with Crippen LogP contribution in [0.25, 0.3) is 0 Å². The molecule has 29 heavy (non-hydrogen) atoms. The second-order valence-electron chi connectivity index (χ2n) is 6.94. The molecule has 0 aliphatic carbocycles. The van der Waals surface area contributed by atoms with E-state index in [1.54, 1.807) is 29.2 Å². The maximum Gasteiger partial charge on any atom is 0.319 e. The lowest BCUT2D eigenvalue weighted by Gasteiger charge is -2.35. The van der Waals surface area contributed by atoms with Crippen molar-refractivity contribution in [3.05, 3.63) is 64.7 Å². The van der Waals surface area contributed by atoms with Gasteiger partial charge in [0.15, 0.2) is 0 Å². The van der Waals surface area contributed by atoms with Gasteiger partial charge in [-0.1, -0.05) is 35.9 Å². The predicted molar refractivity (Wildman–Crippen MR) is 113 cm³/mol. The summed E-state index contributed by atoms with van der Waals surface area (Å²) in [6.45, 7) is 2.28. The van der Waals surface area contributed by atoms with Crippen LogP contribution in [0.4, 0.5) is 10.5 Å². The molecule has 7 nitrogen and oxygen atoms in total. The third-order valence-electron chi connectivity index (χ3n) is 4.81. The van der Waals surface area contributed by atoms with Crippen molar-refractivity contribution < 1.29 is 14.7 Å². The van der Waals surface area contributed by atoms with E-state index in [0.29, 0.717) is 30.3 Å². The van der Waals surface area contributed by atoms with Gasteiger partial charge >= 0.3 is 6.03 Å². The smallest absolute Gasteiger partial charge is 0.319 e. The summed E-state index contributed by atoms with van der Waals surface area (Å²) in [5, 5.41) is 18.8. The molecule has 2 aromatic carbocycles. The van der Waals surface area contributed by atoms with E-state index >= 15 is 0 Å². The van der Waals surface area contributed by atoms with Crippen LogP contribution < -0.4 is 16.0 Å². The molecule has 8 heteroatoms. The van der Waals surface area contributed by atoms with Crippen molar-refractivity contribution in [1.82, 2.24) is 15.5 Å². The van der Waals surface area contributed by atoms with Gasteiger partial charge in [-0.3, -0.25) is 4.79 Å². The first-order chi connectivity index (χ1) is 14.0. The number of hydrogen-bond donors (Lipinski definition) is 4. The number of hydrogen-bond acceptors (Lipinski definition) is 4. The first-order valence-corrected chi connectivity index (χ1v) is 9.92. The molecule has 1 saturated heterocycles. The van der Waals surface area contributed by atoms with Gasteiger partial charge in [0.05, 0.1) is 19.1 Å². The van der Waals surface area contributed by atoms with Gasteiger partial charge in [-0.25, -0.2) is 4.79 Å². The summed E-state index contributed by atoms with van der Waals surface area (Å²) in [4.78, 5) is 26.3. The van der Waals surface area contributed by atoms with E-state index in [4.69, 9.17) is 11.6 Å². The number of halogens is 1. The number of carbonyl (C=O) groups excluding carboxylic acids is 2. The number of rotatable bonds is 6. The lowest BCUT2D eigenvalue weighted by atomic mass is 10.1. The topological polar surface area (TPSA) is 93.7 Å². The summed E-state index contributed by atoms with van der Waals surface area (Å²) in [6.07, 6.45) is 0.263. The Balaban J connectivity index is 1.48. The summed E-state index contributed by atoms with van der Waals surface area (Å²) in [7, 11) is 0. The Kier molecular flexibility index (Phi) is 7.46. The van der Waals surface area contributed by atoms with E-state index in [9.17, 15) is 14.7 Å². The van der Waals surface area contributed by atoms with E-state index in [2.05, 4.69) is 16.0 Å². The van der Waals surface area contributed by atoms with Crippen LogP contribution in [-0.2, 0) is 17.8 Å². The van der Waals surface area contributed by atoms with Crippen LogP contribution in [0.2, 0.25) is 5.02 Å². The molecule has 1 atom stereocenters. The lowest BCUT2D eigenvalue weighted by Crippen LogP contribution is -2.55. The van der Waals surface area contributed by atoms with Crippen molar-refractivity contribution in [1.29, 1.82) is 0 Å². The molecule has 1 aliphatic rings. The Labute approximate surface area is 175 Å². The number of nitrogens with zero attached hydrogens (tertiary/aromatic N) is 1. The van der Waals surface area contributed by atoms with Gasteiger partial charge in [-0.05, 0) is 35.4 Å². The van der Waals surface area contributed by atoms with Crippen LogP contribution in [0.1, 0.15) is 11.1 Å². The Bertz CT molecular complexity index is 827. The maximum absolute atomic E-state index is 12.5. The SMILES string of the molecule is O=C(NCc1ccc(Cl)cc1)Nc1ccc(CC(=O)N2CCNC[C@@H]2CO)cc1. The van der Waals surface area contributed by atoms with Gasteiger partial charge in [0, 0.05) is 36.9 Å². The van der Waals surface area contributed by atoms with E-state index in [0.717, 1.165) is 17.7 Å². The number of benzene rings is 2. The number of piperazine rings is 1. The van der Waals surface area contributed by atoms with E-state index in [1.807, 2.05) is 24.3 Å². The fourth-order valence-electron chi connectivity index (χ4n) is 3.19. The summed E-state index contributed by atoms with van der Waals surface area (Å²) in [5.74, 6) is -0.00744. The van der Waals surface area contributed by atoms with Gasteiger partial charge < -0.3 is 26.0 Å². The second-order valence-corrected chi connectivity index (χ2v) is 7.37. The highest BCUT2D eigenvalue weighted by atomic mass is 35.5. The number of anilines is 1. The molecule has 3 amide bonds. The first-order valence-electron chi connectivity index (χ1n) is 9.54. The van der Waals surface area contributed by atoms with Crippen molar-refractivity contribution in [2.75, 3.05) is 31.6 Å². The minimum Gasteiger partial charge on any atom is -0.394 e. The monoisotopic (exact) mass is 416 g/mol. The summed E-state index contributed by atoms with van der Waals surface area (Å²) in [6, 6.07) is 14.0. The van der Waals surface area contributed by atoms with Gasteiger partial charge in [-0.15, -0.1) is 0 Å². The molecule has 1 aliphatic heterocycles. The number of urea groups is 1. The molecule has 3 rings (SSSR count). The molecule has 1 fully saturated rings. The van der Waals surface area contributed by atoms with Crippen molar-refractivity contribution in [3.8, 4) is 0 Å². The van der Waals surface area contributed by atoms with Crippen LogP contribution >= 0.6 is 11.6 Å². The summed E-state index contributed by atoms with van der Waals surface area (Å²) < 4.78 is 0. The molecule has 0 unspecified atom stereocenters. The average molecular weight is 417 g/mol. The molecule has 154 valence electrons. The quantitative estimate of drug-likeness (QED) is 0.579. The highest BCUT2D eigenvalue weighted by Gasteiger charge is 2.25. The van der Waals surface area contributed by atoms with Gasteiger partial charge in [-0.2, -0.15) is 0 Å². The van der Waals surface area contributed by atoms with Gasteiger partial charge in [0.1, 0.15) is 0 Å². The first kappa shape index (κ1) is 21.1. The fraction of sp³-hybridized carbons (Fsp3) is 0.333. The predicted octanol–water partition coefficient (Wildman–Crippen LogP) is 2.00. The minimum absolute atomic E-state index is 0.00744. The Morgan fingerprint density at radius 3 is 2.48 bits per heavy atom. The zero-order valence-electron chi connectivity index (χ0n) is 16.0. The zero-order chi connectivity index (χ0) is 20.6. The lowest BCUT2D eigenvalue weighted by molar-refractivity contribution is -0.134. The molecule has 0 saturated carbocycles. The highest BCUT2D eigenvalue weighted by molar-refractivity contribution is 6.30. The molecule has 0 bridgehead atoms. The van der Waals surface area contributed by atoms with Crippen molar-refractivity contribution in [3.63, 3.8) is 0 Å². The normalized spacial score (nSPS) is 16.3. The Hall–Kier alpha value is -2.61. The third kappa shape index (κ3) is 6.19. The van der Waals surface area contributed by atoms with E-state index < -0.39 is 0 Å². The molecule has 4 N–H and O–H groups in total. The Morgan fingerprint density at radius 2 is 1.79 bits per heavy atom. The molecular formula is C21H25ClN4O3. The van der Waals surface area contributed by atoms with E-state index in [1.165, 1.54) is 0 Å². The molecule has 0 radical (unpaired) electrons. The standard InChI is InChI=1S/C21H25ClN4O3/c22-17-5-1-16(2-6-17)12-24-21(29)25-18-7-3-15(4-8-18)11-20(28)26-10-9-23-13-19(26)14-27/h1-8,19,23,27H,9-14H2,(H2,24,25,29)/t19-/m1/s1. The molecule has 0 aromatic heterocycles. The largest absolute Gasteiger partial charge is 0.394 e. The number of aliphatic hydroxyl groups excluding tert-OH is 1. The van der Waals surface area contributed by atoms with Crippen LogP contribution in [0, 0.1) is 0 Å². The third-order valence-corrected chi connectivity index (χ3v) is 5.07. The number of amides is 3. The van der Waals surface area contributed by atoms with Crippen LogP contribution in [0.5, 0.6) is 0 Å². The Morgan fingerprint density at radius 1 is 1.10 bits per heavy atom. The molecule has 1 heterocycles. The summed E-state index contributed by atoms with van der Waals surface area (Å²) in [5.41, 5.74) is 2.45. The maximum atomic E-state index is 12.5. The second kappa shape index (κ2) is 10.2. The fourth-order valence-corrected chi connectivity index (χ4v) is 3.32. The molecular weight excluding hydrogens is 392 g/mol. The number of aliphatic hydroxyl groups is 1. The molecule has 0 spiro atoms. The summed E-state index contributed by atoms with van der Waals surface area (Å²) >= 11 is 5.85. The number of nitrogens with one attached hydrogen (secondary N) is 3. The van der Waals surface area contributed by atoms with E-state index in [-0.39, 0.29) is 31.0 Å². The van der Waals surface area contributed by atoms with Crippen molar-refractivity contribution >= 4 is 29.2 Å². The van der Waals surface area contributed by atoms with Crippen LogP contribution in [0.15, 0.2) is 48.5 Å². The van der Waals surface area contributed by atoms with Crippen LogP contribution in [-0.4, -0.2) is 54.2 Å². The van der Waals surface area contributed by atoms with Gasteiger partial charge in [0.25, 0.3) is 0 Å². The zero-order valence-corrected chi connectivity index (χ0v) is 16.8. The highest BCUT2D eigenvalue weighted by Crippen LogP contribution is 2.13.